The molecule has 3 rings (SSSR count). The van der Waals surface area contributed by atoms with Gasteiger partial charge in [-0.3, -0.25) is 4.79 Å². The highest BCUT2D eigenvalue weighted by Gasteiger charge is 2.19. The molecule has 7 heteroatoms. The quantitative estimate of drug-likeness (QED) is 0.939. The number of nitrogens with one attached hydrogen (secondary N) is 1. The summed E-state index contributed by atoms with van der Waals surface area (Å²) in [7, 11) is 0. The van der Waals surface area contributed by atoms with Crippen molar-refractivity contribution in [1.82, 2.24) is 14.9 Å². The Kier molecular flexibility index (Phi) is 3.95. The van der Waals surface area contributed by atoms with E-state index < -0.39 is 11.6 Å². The molecule has 22 heavy (non-hydrogen) atoms. The number of hydrogen-bond donors (Lipinski definition) is 1. The van der Waals surface area contributed by atoms with Crippen molar-refractivity contribution in [2.75, 3.05) is 25.0 Å². The Hall–Kier alpha value is -2.57. The first-order chi connectivity index (χ1) is 10.6. The molecular weight excluding hydrogens is 290 g/mol. The van der Waals surface area contributed by atoms with E-state index in [1.54, 1.807) is 11.0 Å². The van der Waals surface area contributed by atoms with Gasteiger partial charge in [0.05, 0.1) is 12.2 Å². The van der Waals surface area contributed by atoms with E-state index in [1.165, 1.54) is 12.4 Å². The van der Waals surface area contributed by atoms with Crippen LogP contribution in [0.25, 0.3) is 11.3 Å². The van der Waals surface area contributed by atoms with Crippen molar-refractivity contribution in [3.05, 3.63) is 42.2 Å². The molecule has 1 aromatic heterocycles. The zero-order chi connectivity index (χ0) is 15.5. The van der Waals surface area contributed by atoms with Gasteiger partial charge in [0, 0.05) is 24.7 Å². The Labute approximate surface area is 126 Å². The highest BCUT2D eigenvalue weighted by molar-refractivity contribution is 5.81. The molecule has 0 aliphatic carbocycles. The van der Waals surface area contributed by atoms with E-state index in [-0.39, 0.29) is 12.5 Å². The Morgan fingerprint density at radius 2 is 2.00 bits per heavy atom. The van der Waals surface area contributed by atoms with E-state index in [9.17, 15) is 13.6 Å². The van der Waals surface area contributed by atoms with Gasteiger partial charge in [0.1, 0.15) is 12.1 Å². The molecule has 0 radical (unpaired) electrons. The van der Waals surface area contributed by atoms with Crippen molar-refractivity contribution < 1.29 is 13.6 Å². The second-order valence-electron chi connectivity index (χ2n) is 5.01. The van der Waals surface area contributed by atoms with Gasteiger partial charge in [0.2, 0.25) is 5.91 Å². The molecule has 1 amide bonds. The Morgan fingerprint density at radius 1 is 1.18 bits per heavy atom. The number of likely N-dealkylation sites (tertiary alicyclic amines) is 1. The first-order valence-corrected chi connectivity index (χ1v) is 6.92. The third-order valence-corrected chi connectivity index (χ3v) is 3.51. The molecule has 0 unspecified atom stereocenters. The van der Waals surface area contributed by atoms with Crippen LogP contribution in [0.1, 0.15) is 6.42 Å². The minimum absolute atomic E-state index is 0.0132. The van der Waals surface area contributed by atoms with Gasteiger partial charge in [-0.2, -0.15) is 0 Å². The molecule has 0 saturated carbocycles. The first-order valence-electron chi connectivity index (χ1n) is 6.92. The van der Waals surface area contributed by atoms with Crippen LogP contribution in [-0.4, -0.2) is 40.4 Å². The van der Waals surface area contributed by atoms with Gasteiger partial charge in [-0.05, 0) is 24.6 Å². The van der Waals surface area contributed by atoms with Gasteiger partial charge < -0.3 is 10.2 Å². The molecule has 2 heterocycles. The molecule has 1 aliphatic heterocycles. The predicted molar refractivity (Wildman–Crippen MR) is 77.1 cm³/mol. The number of aromatic nitrogens is 2. The summed E-state index contributed by atoms with van der Waals surface area (Å²) in [5, 5.41) is 2.92. The number of amides is 1. The summed E-state index contributed by atoms with van der Waals surface area (Å²) in [5.41, 5.74) is 0.895. The summed E-state index contributed by atoms with van der Waals surface area (Å²) in [4.78, 5) is 21.6. The average Bonchev–Trinajstić information content (AvgIpc) is 2.46. The number of carbonyl (C=O) groups excluding carboxylic acids is 1. The molecule has 114 valence electrons. The van der Waals surface area contributed by atoms with Crippen LogP contribution in [0.15, 0.2) is 30.6 Å². The van der Waals surface area contributed by atoms with Crippen LogP contribution < -0.4 is 5.32 Å². The maximum atomic E-state index is 13.3. The fourth-order valence-corrected chi connectivity index (χ4v) is 2.11. The molecule has 1 saturated heterocycles. The maximum Gasteiger partial charge on any atom is 0.241 e. The Balaban J connectivity index is 1.71. The topological polar surface area (TPSA) is 58.1 Å². The van der Waals surface area contributed by atoms with Crippen LogP contribution >= 0.6 is 0 Å². The second-order valence-corrected chi connectivity index (χ2v) is 5.01. The Bertz CT molecular complexity index is 704. The van der Waals surface area contributed by atoms with Crippen LogP contribution in [0.5, 0.6) is 0 Å². The standard InChI is InChI=1S/C15H14F2N4O/c16-11-3-2-10(6-12(11)17)13-7-14(20-9-19-13)18-8-15(22)21-4-1-5-21/h2-3,6-7,9H,1,4-5,8H2,(H,18,19,20). The smallest absolute Gasteiger partial charge is 0.241 e. The van der Waals surface area contributed by atoms with Crippen LogP contribution in [0.2, 0.25) is 0 Å². The fraction of sp³-hybridized carbons (Fsp3) is 0.267. The third-order valence-electron chi connectivity index (χ3n) is 3.51. The number of nitrogens with zero attached hydrogens (tertiary/aromatic N) is 3. The van der Waals surface area contributed by atoms with Gasteiger partial charge in [0.15, 0.2) is 11.6 Å². The number of halogens is 2. The second kappa shape index (κ2) is 6.05. The minimum atomic E-state index is -0.932. The molecule has 0 spiro atoms. The van der Waals surface area contributed by atoms with Crippen molar-refractivity contribution in [2.45, 2.75) is 6.42 Å². The molecule has 1 aliphatic rings. The first kappa shape index (κ1) is 14.4. The third kappa shape index (κ3) is 3.03. The van der Waals surface area contributed by atoms with E-state index >= 15 is 0 Å². The maximum absolute atomic E-state index is 13.3. The molecule has 0 bridgehead atoms. The predicted octanol–water partition coefficient (Wildman–Crippen LogP) is 2.07. The van der Waals surface area contributed by atoms with Gasteiger partial charge in [-0.1, -0.05) is 0 Å². The lowest BCUT2D eigenvalue weighted by atomic mass is 10.1. The monoisotopic (exact) mass is 304 g/mol. The molecule has 0 atom stereocenters. The van der Waals surface area contributed by atoms with E-state index in [2.05, 4.69) is 15.3 Å². The number of rotatable bonds is 4. The van der Waals surface area contributed by atoms with Crippen LogP contribution in [0, 0.1) is 11.6 Å². The van der Waals surface area contributed by atoms with Gasteiger partial charge in [-0.25, -0.2) is 18.7 Å². The van der Waals surface area contributed by atoms with Crippen molar-refractivity contribution in [2.24, 2.45) is 0 Å². The fourth-order valence-electron chi connectivity index (χ4n) is 2.11. The average molecular weight is 304 g/mol. The summed E-state index contributed by atoms with van der Waals surface area (Å²) in [6.07, 6.45) is 2.35. The largest absolute Gasteiger partial charge is 0.361 e. The highest BCUT2D eigenvalue weighted by atomic mass is 19.2. The number of anilines is 1. The lowest BCUT2D eigenvalue weighted by Gasteiger charge is -2.30. The van der Waals surface area contributed by atoms with Crippen molar-refractivity contribution in [1.29, 1.82) is 0 Å². The summed E-state index contributed by atoms with van der Waals surface area (Å²) in [6, 6.07) is 5.16. The van der Waals surface area contributed by atoms with Crippen LogP contribution in [0.3, 0.4) is 0 Å². The minimum Gasteiger partial charge on any atom is -0.361 e. The van der Waals surface area contributed by atoms with Crippen molar-refractivity contribution >= 4 is 11.7 Å². The van der Waals surface area contributed by atoms with E-state index in [4.69, 9.17) is 0 Å². The normalized spacial score (nSPS) is 13.6. The van der Waals surface area contributed by atoms with E-state index in [0.717, 1.165) is 31.6 Å². The molecular formula is C15H14F2N4O. The summed E-state index contributed by atoms with van der Waals surface area (Å²) in [6.45, 7) is 1.74. The van der Waals surface area contributed by atoms with Gasteiger partial charge >= 0.3 is 0 Å². The van der Waals surface area contributed by atoms with Crippen molar-refractivity contribution in [3.8, 4) is 11.3 Å². The zero-order valence-electron chi connectivity index (χ0n) is 11.7. The molecule has 2 aromatic rings. The zero-order valence-corrected chi connectivity index (χ0v) is 11.7. The lowest BCUT2D eigenvalue weighted by Crippen LogP contribution is -2.44. The Morgan fingerprint density at radius 3 is 2.68 bits per heavy atom. The summed E-state index contributed by atoms with van der Waals surface area (Å²) in [5.74, 6) is -1.36. The SMILES string of the molecule is O=C(CNc1cc(-c2ccc(F)c(F)c2)ncn1)N1CCC1. The van der Waals surface area contributed by atoms with Gasteiger partial charge in [0.25, 0.3) is 0 Å². The summed E-state index contributed by atoms with van der Waals surface area (Å²) >= 11 is 0. The molecule has 1 N–H and O–H groups in total. The van der Waals surface area contributed by atoms with Crippen LogP contribution in [0.4, 0.5) is 14.6 Å². The number of carbonyl (C=O) groups is 1. The lowest BCUT2D eigenvalue weighted by molar-refractivity contribution is -0.132. The highest BCUT2D eigenvalue weighted by Crippen LogP contribution is 2.21. The molecule has 1 fully saturated rings. The van der Waals surface area contributed by atoms with Gasteiger partial charge in [-0.15, -0.1) is 0 Å². The van der Waals surface area contributed by atoms with E-state index in [0.29, 0.717) is 17.1 Å². The van der Waals surface area contributed by atoms with Crippen molar-refractivity contribution in [3.63, 3.8) is 0 Å². The summed E-state index contributed by atoms with van der Waals surface area (Å²) < 4.78 is 26.2. The van der Waals surface area contributed by atoms with Crippen LogP contribution in [-0.2, 0) is 4.79 Å². The number of hydrogen-bond acceptors (Lipinski definition) is 4. The molecule has 1 aromatic carbocycles. The molecule has 5 nitrogen and oxygen atoms in total. The number of benzene rings is 1. The van der Waals surface area contributed by atoms with E-state index in [1.807, 2.05) is 0 Å².